The zero-order chi connectivity index (χ0) is 22.3. The molecule has 0 spiro atoms. The van der Waals surface area contributed by atoms with Gasteiger partial charge in [-0.05, 0) is 43.0 Å². The molecule has 0 unspecified atom stereocenters. The van der Waals surface area contributed by atoms with Crippen molar-refractivity contribution in [2.75, 3.05) is 4.90 Å². The van der Waals surface area contributed by atoms with E-state index in [2.05, 4.69) is 6.07 Å². The minimum Gasteiger partial charge on any atom is -0.384 e. The topological polar surface area (TPSA) is 113 Å². The van der Waals surface area contributed by atoms with Gasteiger partial charge in [-0.25, -0.2) is 0 Å². The molecule has 8 heteroatoms. The van der Waals surface area contributed by atoms with Crippen LogP contribution in [0.15, 0.2) is 65.1 Å². The van der Waals surface area contributed by atoms with E-state index in [0.717, 1.165) is 16.9 Å². The Morgan fingerprint density at radius 1 is 1.23 bits per heavy atom. The summed E-state index contributed by atoms with van der Waals surface area (Å²) < 4.78 is 0. The number of rotatable bonds is 3. The largest absolute Gasteiger partial charge is 0.384 e. The van der Waals surface area contributed by atoms with Gasteiger partial charge in [0.15, 0.2) is 5.78 Å². The Hall–Kier alpha value is -3.63. The molecular formula is C23H19ClN4O3. The van der Waals surface area contributed by atoms with E-state index in [0.29, 0.717) is 35.4 Å². The number of carbonyl (C=O) groups excluding carboxylic acids is 1. The van der Waals surface area contributed by atoms with E-state index in [9.17, 15) is 20.2 Å². The second-order valence-electron chi connectivity index (χ2n) is 7.55. The molecule has 2 aromatic rings. The first-order valence-corrected chi connectivity index (χ1v) is 10.2. The predicted octanol–water partition coefficient (Wildman–Crippen LogP) is 4.86. The van der Waals surface area contributed by atoms with Crippen LogP contribution in [0.25, 0.3) is 0 Å². The van der Waals surface area contributed by atoms with Crippen LogP contribution in [0.2, 0.25) is 5.02 Å². The first kappa shape index (κ1) is 20.6. The lowest BCUT2D eigenvalue weighted by atomic mass is 9.75. The number of Topliss-reactive ketones (excluding diaryl/α,β-unsaturated/α-hetero) is 1. The van der Waals surface area contributed by atoms with Gasteiger partial charge in [0, 0.05) is 34.8 Å². The number of benzene rings is 2. The third-order valence-electron chi connectivity index (χ3n) is 5.83. The number of non-ortho nitro benzene ring substituents is 1. The Balaban J connectivity index is 1.96. The van der Waals surface area contributed by atoms with Crippen molar-refractivity contribution in [3.05, 3.63) is 91.4 Å². The zero-order valence-electron chi connectivity index (χ0n) is 16.8. The molecular weight excluding hydrogens is 416 g/mol. The van der Waals surface area contributed by atoms with E-state index in [1.165, 1.54) is 12.1 Å². The van der Waals surface area contributed by atoms with Gasteiger partial charge in [-0.3, -0.25) is 19.8 Å². The molecule has 0 bridgehead atoms. The fourth-order valence-electron chi connectivity index (χ4n) is 4.32. The maximum atomic E-state index is 13.1. The van der Waals surface area contributed by atoms with Gasteiger partial charge >= 0.3 is 0 Å². The van der Waals surface area contributed by atoms with Crippen LogP contribution < -0.4 is 10.6 Å². The fraction of sp³-hybridized carbons (Fsp3) is 0.217. The lowest BCUT2D eigenvalue weighted by molar-refractivity contribution is -0.384. The molecule has 1 aliphatic heterocycles. The van der Waals surface area contributed by atoms with Crippen molar-refractivity contribution < 1.29 is 9.72 Å². The molecule has 0 saturated carbocycles. The highest BCUT2D eigenvalue weighted by atomic mass is 35.5. The van der Waals surface area contributed by atoms with Gasteiger partial charge < -0.3 is 5.73 Å². The molecule has 156 valence electrons. The monoisotopic (exact) mass is 434 g/mol. The average molecular weight is 435 g/mol. The van der Waals surface area contributed by atoms with Gasteiger partial charge in [-0.15, -0.1) is 0 Å². The maximum absolute atomic E-state index is 13.1. The summed E-state index contributed by atoms with van der Waals surface area (Å²) in [6.45, 7) is 1.87. The summed E-state index contributed by atoms with van der Waals surface area (Å²) in [5.41, 5.74) is 10.1. The molecule has 0 fully saturated rings. The summed E-state index contributed by atoms with van der Waals surface area (Å²) in [5.74, 6) is -0.469. The van der Waals surface area contributed by atoms with Crippen LogP contribution in [0, 0.1) is 28.4 Å². The number of carbonyl (C=O) groups is 1. The van der Waals surface area contributed by atoms with E-state index in [-0.39, 0.29) is 22.9 Å². The molecule has 1 aliphatic carbocycles. The molecule has 4 rings (SSSR count). The van der Waals surface area contributed by atoms with Crippen LogP contribution in [0.5, 0.6) is 0 Å². The normalized spacial score (nSPS) is 18.7. The van der Waals surface area contributed by atoms with E-state index < -0.39 is 10.8 Å². The van der Waals surface area contributed by atoms with Crippen molar-refractivity contribution in [2.45, 2.75) is 32.1 Å². The van der Waals surface area contributed by atoms with Crippen molar-refractivity contribution in [1.82, 2.24) is 0 Å². The summed E-state index contributed by atoms with van der Waals surface area (Å²) >= 11 is 6.33. The number of anilines is 1. The van der Waals surface area contributed by atoms with E-state index in [1.807, 2.05) is 13.0 Å². The Morgan fingerprint density at radius 3 is 2.58 bits per heavy atom. The summed E-state index contributed by atoms with van der Waals surface area (Å²) in [6.07, 6.45) is 1.68. The molecule has 2 aromatic carbocycles. The lowest BCUT2D eigenvalue weighted by Gasteiger charge is -2.40. The van der Waals surface area contributed by atoms with Gasteiger partial charge in [0.1, 0.15) is 5.82 Å². The van der Waals surface area contributed by atoms with Gasteiger partial charge in [0.25, 0.3) is 5.69 Å². The number of ketones is 1. The van der Waals surface area contributed by atoms with Crippen molar-refractivity contribution >= 4 is 28.8 Å². The van der Waals surface area contributed by atoms with Crippen molar-refractivity contribution in [3.8, 4) is 6.07 Å². The number of nitriles is 1. The van der Waals surface area contributed by atoms with Gasteiger partial charge in [0.2, 0.25) is 0 Å². The van der Waals surface area contributed by atoms with Crippen LogP contribution in [0.1, 0.15) is 36.3 Å². The number of hydrogen-bond donors (Lipinski definition) is 1. The molecule has 2 N–H and O–H groups in total. The molecule has 7 nitrogen and oxygen atoms in total. The van der Waals surface area contributed by atoms with Gasteiger partial charge in [-0.1, -0.05) is 29.8 Å². The number of nitrogens with two attached hydrogens (primary N) is 1. The Morgan fingerprint density at radius 2 is 1.94 bits per heavy atom. The molecule has 0 aromatic heterocycles. The summed E-state index contributed by atoms with van der Waals surface area (Å²) in [4.78, 5) is 25.4. The number of nitro groups is 1. The SMILES string of the molecule is Cc1c(Cl)cccc1N1C(N)=C(C#N)[C@@H](c2ccc([N+](=O)[O-])cc2)C2=C1CCCC2=O. The molecule has 0 amide bonds. The molecule has 31 heavy (non-hydrogen) atoms. The van der Waals surface area contributed by atoms with Crippen LogP contribution in [-0.2, 0) is 4.79 Å². The Bertz CT molecular complexity index is 1210. The molecule has 0 radical (unpaired) electrons. The number of halogens is 1. The number of hydrogen-bond acceptors (Lipinski definition) is 6. The minimum absolute atomic E-state index is 0.0467. The second kappa shape index (κ2) is 7.89. The molecule has 1 heterocycles. The first-order chi connectivity index (χ1) is 14.8. The van der Waals surface area contributed by atoms with Gasteiger partial charge in [0.05, 0.1) is 28.2 Å². The highest BCUT2D eigenvalue weighted by molar-refractivity contribution is 6.31. The van der Waals surface area contributed by atoms with Crippen molar-refractivity contribution in [2.24, 2.45) is 5.73 Å². The highest BCUT2D eigenvalue weighted by Crippen LogP contribution is 2.47. The van der Waals surface area contributed by atoms with Crippen molar-refractivity contribution in [1.29, 1.82) is 5.26 Å². The molecule has 1 atom stereocenters. The Kier molecular flexibility index (Phi) is 5.25. The first-order valence-electron chi connectivity index (χ1n) is 9.80. The average Bonchev–Trinajstić information content (AvgIpc) is 2.75. The zero-order valence-corrected chi connectivity index (χ0v) is 17.5. The summed E-state index contributed by atoms with van der Waals surface area (Å²) in [7, 11) is 0. The summed E-state index contributed by atoms with van der Waals surface area (Å²) in [6, 6.07) is 13.5. The molecule has 0 saturated heterocycles. The number of nitro benzene ring substituents is 1. The molecule has 2 aliphatic rings. The number of allylic oxidation sites excluding steroid dienone is 3. The van der Waals surface area contributed by atoms with Crippen LogP contribution >= 0.6 is 11.6 Å². The second-order valence-corrected chi connectivity index (χ2v) is 7.96. The van der Waals surface area contributed by atoms with Crippen molar-refractivity contribution in [3.63, 3.8) is 0 Å². The third kappa shape index (κ3) is 3.35. The van der Waals surface area contributed by atoms with Crippen LogP contribution in [0.3, 0.4) is 0 Å². The minimum atomic E-state index is -0.663. The van der Waals surface area contributed by atoms with Crippen LogP contribution in [0.4, 0.5) is 11.4 Å². The summed E-state index contributed by atoms with van der Waals surface area (Å²) in [5, 5.41) is 21.6. The Labute approximate surface area is 184 Å². The maximum Gasteiger partial charge on any atom is 0.269 e. The lowest BCUT2D eigenvalue weighted by Crippen LogP contribution is -2.39. The quantitative estimate of drug-likeness (QED) is 0.545. The van der Waals surface area contributed by atoms with E-state index in [4.69, 9.17) is 17.3 Å². The fourth-order valence-corrected chi connectivity index (χ4v) is 4.49. The van der Waals surface area contributed by atoms with Crippen LogP contribution in [-0.4, -0.2) is 10.7 Å². The van der Waals surface area contributed by atoms with E-state index >= 15 is 0 Å². The standard InChI is InChI=1S/C23H19ClN4O3/c1-13-17(24)4-2-5-18(13)27-19-6-3-7-20(29)22(19)21(16(12-25)23(27)26)14-8-10-15(11-9-14)28(30)31/h2,4-5,8-11,21H,3,6-7,26H2,1H3/t21-/m1/s1. The van der Waals surface area contributed by atoms with E-state index in [1.54, 1.807) is 29.2 Å². The third-order valence-corrected chi connectivity index (χ3v) is 6.24. The number of nitrogens with zero attached hydrogens (tertiary/aromatic N) is 3. The smallest absolute Gasteiger partial charge is 0.269 e. The van der Waals surface area contributed by atoms with Gasteiger partial charge in [-0.2, -0.15) is 5.26 Å². The predicted molar refractivity (Wildman–Crippen MR) is 117 cm³/mol. The highest BCUT2D eigenvalue weighted by Gasteiger charge is 2.40.